The average molecular weight is 175 g/mol. The molecule has 0 aromatic heterocycles. The molecule has 11 heavy (non-hydrogen) atoms. The molecule has 0 aromatic carbocycles. The molecule has 0 saturated heterocycles. The van der Waals surface area contributed by atoms with E-state index in [4.69, 9.17) is 5.73 Å². The smallest absolute Gasteiger partial charge is 0.0127 e. The summed E-state index contributed by atoms with van der Waals surface area (Å²) in [6.45, 7) is 6.67. The minimum absolute atomic E-state index is 0.409. The van der Waals surface area contributed by atoms with Gasteiger partial charge in [-0.3, -0.25) is 0 Å². The van der Waals surface area contributed by atoms with E-state index in [-0.39, 0.29) is 0 Å². The predicted octanol–water partition coefficient (Wildman–Crippen LogP) is 2.50. The van der Waals surface area contributed by atoms with E-state index < -0.39 is 0 Å². The highest BCUT2D eigenvalue weighted by Crippen LogP contribution is 2.09. The fourth-order valence-electron chi connectivity index (χ4n) is 0.672. The molecular formula is C9H21NS. The third-order valence-electron chi connectivity index (χ3n) is 1.70. The highest BCUT2D eigenvalue weighted by molar-refractivity contribution is 7.99. The van der Waals surface area contributed by atoms with Gasteiger partial charge < -0.3 is 5.73 Å². The van der Waals surface area contributed by atoms with Gasteiger partial charge in [0.05, 0.1) is 0 Å². The summed E-state index contributed by atoms with van der Waals surface area (Å²) in [6, 6.07) is 0.409. The Morgan fingerprint density at radius 2 is 2.00 bits per heavy atom. The van der Waals surface area contributed by atoms with Gasteiger partial charge >= 0.3 is 0 Å². The summed E-state index contributed by atoms with van der Waals surface area (Å²) in [7, 11) is 0. The maximum atomic E-state index is 5.77. The molecule has 0 aliphatic heterocycles. The Labute approximate surface area is 75.1 Å². The minimum Gasteiger partial charge on any atom is -0.327 e. The third-order valence-corrected chi connectivity index (χ3v) is 2.88. The van der Waals surface area contributed by atoms with Crippen LogP contribution in [-0.4, -0.2) is 17.5 Å². The summed E-state index contributed by atoms with van der Waals surface area (Å²) in [5.74, 6) is 3.23. The third kappa shape index (κ3) is 8.21. The second-order valence-corrected chi connectivity index (χ2v) is 4.58. The van der Waals surface area contributed by atoms with Crippen LogP contribution >= 0.6 is 11.8 Å². The summed E-state index contributed by atoms with van der Waals surface area (Å²) >= 11 is 1.99. The zero-order valence-corrected chi connectivity index (χ0v) is 8.79. The van der Waals surface area contributed by atoms with Gasteiger partial charge in [-0.25, -0.2) is 0 Å². The summed E-state index contributed by atoms with van der Waals surface area (Å²) in [4.78, 5) is 0. The van der Waals surface area contributed by atoms with Crippen LogP contribution in [0.4, 0.5) is 0 Å². The van der Waals surface area contributed by atoms with E-state index in [1.807, 2.05) is 11.8 Å². The lowest BCUT2D eigenvalue weighted by atomic mass is 10.2. The van der Waals surface area contributed by atoms with Crippen molar-refractivity contribution in [1.82, 2.24) is 0 Å². The van der Waals surface area contributed by atoms with Crippen molar-refractivity contribution < 1.29 is 0 Å². The molecule has 2 N–H and O–H groups in total. The summed E-state index contributed by atoms with van der Waals surface area (Å²) < 4.78 is 0. The van der Waals surface area contributed by atoms with Crippen molar-refractivity contribution in [1.29, 1.82) is 0 Å². The molecule has 0 rings (SSSR count). The lowest BCUT2D eigenvalue weighted by Crippen LogP contribution is -2.21. The van der Waals surface area contributed by atoms with Crippen molar-refractivity contribution in [3.63, 3.8) is 0 Å². The van der Waals surface area contributed by atoms with Crippen molar-refractivity contribution in [3.8, 4) is 0 Å². The Hall–Kier alpha value is 0.310. The molecule has 0 saturated carbocycles. The molecule has 0 bridgehead atoms. The molecule has 2 heteroatoms. The van der Waals surface area contributed by atoms with Crippen molar-refractivity contribution in [2.75, 3.05) is 11.5 Å². The van der Waals surface area contributed by atoms with Gasteiger partial charge in [-0.1, -0.05) is 20.8 Å². The Bertz CT molecular complexity index is 83.6. The fraction of sp³-hybridized carbons (Fsp3) is 1.00. The van der Waals surface area contributed by atoms with Crippen LogP contribution in [0.1, 0.15) is 33.6 Å². The molecule has 0 radical (unpaired) electrons. The topological polar surface area (TPSA) is 26.0 Å². The fourth-order valence-corrected chi connectivity index (χ4v) is 2.01. The molecule has 1 unspecified atom stereocenters. The van der Waals surface area contributed by atoms with Gasteiger partial charge in [-0.05, 0) is 24.5 Å². The lowest BCUT2D eigenvalue weighted by Gasteiger charge is -2.08. The van der Waals surface area contributed by atoms with Gasteiger partial charge in [0.15, 0.2) is 0 Å². The number of nitrogens with two attached hydrogens (primary N) is 1. The maximum Gasteiger partial charge on any atom is 0.0127 e. The predicted molar refractivity (Wildman–Crippen MR) is 55.0 cm³/mol. The van der Waals surface area contributed by atoms with Gasteiger partial charge in [0.1, 0.15) is 0 Å². The standard InChI is InChI=1S/C9H21NS/c1-4-9(10)7-11-6-5-8(2)3/h8-9H,4-7,10H2,1-3H3. The first-order chi connectivity index (χ1) is 5.16. The summed E-state index contributed by atoms with van der Waals surface area (Å²) in [6.07, 6.45) is 2.43. The van der Waals surface area contributed by atoms with Crippen LogP contribution in [0.15, 0.2) is 0 Å². The lowest BCUT2D eigenvalue weighted by molar-refractivity contribution is 0.631. The van der Waals surface area contributed by atoms with Crippen LogP contribution in [-0.2, 0) is 0 Å². The molecule has 1 atom stereocenters. The second-order valence-electron chi connectivity index (χ2n) is 3.43. The molecule has 0 aromatic rings. The van der Waals surface area contributed by atoms with E-state index in [0.29, 0.717) is 6.04 Å². The Morgan fingerprint density at radius 3 is 2.45 bits per heavy atom. The quantitative estimate of drug-likeness (QED) is 0.628. The molecule has 0 amide bonds. The second kappa shape index (κ2) is 6.99. The number of rotatable bonds is 6. The molecule has 0 heterocycles. The molecule has 0 aliphatic rings. The van der Waals surface area contributed by atoms with Crippen molar-refractivity contribution in [3.05, 3.63) is 0 Å². The van der Waals surface area contributed by atoms with Gasteiger partial charge in [0.25, 0.3) is 0 Å². The monoisotopic (exact) mass is 175 g/mol. The van der Waals surface area contributed by atoms with E-state index in [2.05, 4.69) is 20.8 Å². The van der Waals surface area contributed by atoms with E-state index >= 15 is 0 Å². The normalized spacial score (nSPS) is 13.9. The molecular weight excluding hydrogens is 154 g/mol. The largest absolute Gasteiger partial charge is 0.327 e. The van der Waals surface area contributed by atoms with Crippen molar-refractivity contribution >= 4 is 11.8 Å². The molecule has 0 aliphatic carbocycles. The Balaban J connectivity index is 3.01. The Morgan fingerprint density at radius 1 is 1.36 bits per heavy atom. The first-order valence-corrected chi connectivity index (χ1v) is 5.65. The Kier molecular flexibility index (Phi) is 7.18. The van der Waals surface area contributed by atoms with Crippen LogP contribution in [0, 0.1) is 5.92 Å². The maximum absolute atomic E-state index is 5.77. The number of thioether (sulfide) groups is 1. The van der Waals surface area contributed by atoms with Crippen LogP contribution in [0.25, 0.3) is 0 Å². The van der Waals surface area contributed by atoms with Crippen molar-refractivity contribution in [2.45, 2.75) is 39.7 Å². The minimum atomic E-state index is 0.409. The number of hydrogen-bond donors (Lipinski definition) is 1. The van der Waals surface area contributed by atoms with Crippen LogP contribution in [0.3, 0.4) is 0 Å². The van der Waals surface area contributed by atoms with Gasteiger partial charge in [0, 0.05) is 11.8 Å². The van der Waals surface area contributed by atoms with Gasteiger partial charge in [-0.2, -0.15) is 11.8 Å². The van der Waals surface area contributed by atoms with Gasteiger partial charge in [-0.15, -0.1) is 0 Å². The van der Waals surface area contributed by atoms with Crippen LogP contribution in [0.2, 0.25) is 0 Å². The molecule has 0 fully saturated rings. The van der Waals surface area contributed by atoms with E-state index in [1.165, 1.54) is 12.2 Å². The molecule has 0 spiro atoms. The first-order valence-electron chi connectivity index (χ1n) is 4.50. The van der Waals surface area contributed by atoms with Gasteiger partial charge in [0.2, 0.25) is 0 Å². The van der Waals surface area contributed by atoms with Crippen LogP contribution in [0.5, 0.6) is 0 Å². The zero-order valence-electron chi connectivity index (χ0n) is 7.97. The van der Waals surface area contributed by atoms with Crippen molar-refractivity contribution in [2.24, 2.45) is 11.7 Å². The summed E-state index contributed by atoms with van der Waals surface area (Å²) in [5, 5.41) is 0. The molecule has 68 valence electrons. The average Bonchev–Trinajstić information content (AvgIpc) is 1.97. The molecule has 1 nitrogen and oxygen atoms in total. The highest BCUT2D eigenvalue weighted by atomic mass is 32.2. The highest BCUT2D eigenvalue weighted by Gasteiger charge is 1.99. The van der Waals surface area contributed by atoms with E-state index in [9.17, 15) is 0 Å². The van der Waals surface area contributed by atoms with Crippen LogP contribution < -0.4 is 5.73 Å². The zero-order chi connectivity index (χ0) is 8.69. The summed E-state index contributed by atoms with van der Waals surface area (Å²) in [5.41, 5.74) is 5.77. The first kappa shape index (κ1) is 11.3. The van der Waals surface area contributed by atoms with E-state index in [1.54, 1.807) is 0 Å². The van der Waals surface area contributed by atoms with E-state index in [0.717, 1.165) is 18.1 Å². The SMILES string of the molecule is CCC(N)CSCCC(C)C. The number of hydrogen-bond acceptors (Lipinski definition) is 2.